The molecule has 0 spiro atoms. The Labute approximate surface area is 105 Å². The summed E-state index contributed by atoms with van der Waals surface area (Å²) in [5.74, 6) is -1.05. The number of halogens is 3. The minimum Gasteiger partial charge on any atom is -0.461 e. The molecule has 0 fully saturated rings. The van der Waals surface area contributed by atoms with Gasteiger partial charge in [0.2, 0.25) is 0 Å². The van der Waals surface area contributed by atoms with Crippen molar-refractivity contribution in [3.63, 3.8) is 0 Å². The fraction of sp³-hybridized carbons (Fsp3) is 0.273. The Balaban J connectivity index is 2.31. The minimum atomic E-state index is -4.78. The van der Waals surface area contributed by atoms with Gasteiger partial charge in [0, 0.05) is 5.39 Å². The molecule has 102 valence electrons. The van der Waals surface area contributed by atoms with Crippen LogP contribution < -0.4 is 4.74 Å². The molecule has 19 heavy (non-hydrogen) atoms. The predicted molar refractivity (Wildman–Crippen MR) is 58.7 cm³/mol. The highest BCUT2D eigenvalue weighted by atomic mass is 19.4. The number of hydrogen-bond donors (Lipinski definition) is 1. The fourth-order valence-corrected chi connectivity index (χ4v) is 1.50. The monoisotopic (exact) mass is 274 g/mol. The molecule has 0 aliphatic heterocycles. The summed E-state index contributed by atoms with van der Waals surface area (Å²) >= 11 is 0. The van der Waals surface area contributed by atoms with E-state index in [-0.39, 0.29) is 17.9 Å². The number of fused-ring (bicyclic) bond motifs is 1. The normalized spacial score (nSPS) is 11.6. The molecule has 0 aliphatic carbocycles. The summed E-state index contributed by atoms with van der Waals surface area (Å²) in [7, 11) is 0. The number of aromatic amines is 1. The molecule has 0 aromatic carbocycles. The first-order valence-corrected chi connectivity index (χ1v) is 5.30. The summed E-state index contributed by atoms with van der Waals surface area (Å²) in [6.45, 7) is 1.85. The number of nitrogens with one attached hydrogen (secondary N) is 1. The van der Waals surface area contributed by atoms with Gasteiger partial charge in [0.1, 0.15) is 17.1 Å². The van der Waals surface area contributed by atoms with Gasteiger partial charge in [0.15, 0.2) is 0 Å². The summed E-state index contributed by atoms with van der Waals surface area (Å²) in [6, 6.07) is 2.48. The average Bonchev–Trinajstić information content (AvgIpc) is 2.70. The lowest BCUT2D eigenvalue weighted by atomic mass is 10.3. The smallest absolute Gasteiger partial charge is 0.461 e. The van der Waals surface area contributed by atoms with Crippen molar-refractivity contribution in [1.29, 1.82) is 0 Å². The maximum Gasteiger partial charge on any atom is 0.573 e. The number of pyridine rings is 1. The molecule has 2 rings (SSSR count). The maximum atomic E-state index is 12.0. The summed E-state index contributed by atoms with van der Waals surface area (Å²) in [5, 5.41) is 0.324. The van der Waals surface area contributed by atoms with Crippen molar-refractivity contribution in [2.24, 2.45) is 0 Å². The van der Waals surface area contributed by atoms with Crippen LogP contribution in [0.5, 0.6) is 5.75 Å². The largest absolute Gasteiger partial charge is 0.573 e. The molecular weight excluding hydrogens is 265 g/mol. The van der Waals surface area contributed by atoms with Gasteiger partial charge in [-0.2, -0.15) is 0 Å². The summed E-state index contributed by atoms with van der Waals surface area (Å²) in [6.07, 6.45) is -3.86. The Morgan fingerprint density at radius 2 is 2.16 bits per heavy atom. The molecule has 0 unspecified atom stereocenters. The third-order valence-electron chi connectivity index (χ3n) is 2.17. The lowest BCUT2D eigenvalue weighted by molar-refractivity contribution is -0.274. The van der Waals surface area contributed by atoms with E-state index in [0.29, 0.717) is 5.39 Å². The minimum absolute atomic E-state index is 0.119. The number of hydrogen-bond acceptors (Lipinski definition) is 4. The van der Waals surface area contributed by atoms with E-state index in [1.54, 1.807) is 6.92 Å². The van der Waals surface area contributed by atoms with E-state index in [1.165, 1.54) is 6.07 Å². The average molecular weight is 274 g/mol. The van der Waals surface area contributed by atoms with Gasteiger partial charge < -0.3 is 14.5 Å². The van der Waals surface area contributed by atoms with Crippen LogP contribution in [-0.2, 0) is 4.74 Å². The van der Waals surface area contributed by atoms with E-state index in [0.717, 1.165) is 12.3 Å². The van der Waals surface area contributed by atoms with E-state index >= 15 is 0 Å². The molecule has 5 nitrogen and oxygen atoms in total. The Morgan fingerprint density at radius 1 is 1.42 bits per heavy atom. The van der Waals surface area contributed by atoms with Crippen LogP contribution in [0.25, 0.3) is 11.0 Å². The van der Waals surface area contributed by atoms with Crippen molar-refractivity contribution in [3.05, 3.63) is 24.0 Å². The van der Waals surface area contributed by atoms with E-state index in [9.17, 15) is 18.0 Å². The number of rotatable bonds is 3. The molecule has 0 atom stereocenters. The predicted octanol–water partition coefficient (Wildman–Crippen LogP) is 2.64. The molecule has 2 heterocycles. The molecule has 2 aromatic heterocycles. The van der Waals surface area contributed by atoms with Gasteiger partial charge in [-0.1, -0.05) is 0 Å². The van der Waals surface area contributed by atoms with Crippen LogP contribution in [0.3, 0.4) is 0 Å². The molecule has 8 heteroatoms. The lowest BCUT2D eigenvalue weighted by Gasteiger charge is -2.07. The zero-order valence-corrected chi connectivity index (χ0v) is 9.75. The van der Waals surface area contributed by atoms with Crippen molar-refractivity contribution in [2.45, 2.75) is 13.3 Å². The zero-order valence-electron chi connectivity index (χ0n) is 9.75. The number of H-pyrrole nitrogens is 1. The first-order valence-electron chi connectivity index (χ1n) is 5.30. The first-order chi connectivity index (χ1) is 8.89. The van der Waals surface area contributed by atoms with Gasteiger partial charge in [-0.15, -0.1) is 13.2 Å². The molecule has 0 saturated carbocycles. The second kappa shape index (κ2) is 4.79. The van der Waals surface area contributed by atoms with E-state index in [4.69, 9.17) is 4.74 Å². The Morgan fingerprint density at radius 3 is 2.79 bits per heavy atom. The van der Waals surface area contributed by atoms with Crippen LogP contribution in [0.1, 0.15) is 17.4 Å². The summed E-state index contributed by atoms with van der Waals surface area (Å²) in [5.41, 5.74) is 0.395. The van der Waals surface area contributed by atoms with E-state index in [2.05, 4.69) is 14.7 Å². The van der Waals surface area contributed by atoms with Crippen LogP contribution in [0.4, 0.5) is 13.2 Å². The van der Waals surface area contributed by atoms with Crippen molar-refractivity contribution in [3.8, 4) is 5.75 Å². The van der Waals surface area contributed by atoms with Crippen molar-refractivity contribution in [1.82, 2.24) is 9.97 Å². The van der Waals surface area contributed by atoms with Crippen molar-refractivity contribution >= 4 is 17.0 Å². The highest BCUT2D eigenvalue weighted by molar-refractivity contribution is 5.93. The van der Waals surface area contributed by atoms with Crippen molar-refractivity contribution in [2.75, 3.05) is 6.61 Å². The molecular formula is C11H9F3N2O3. The molecule has 1 N–H and O–H groups in total. The highest BCUT2D eigenvalue weighted by Gasteiger charge is 2.31. The van der Waals surface area contributed by atoms with Gasteiger partial charge >= 0.3 is 12.3 Å². The van der Waals surface area contributed by atoms with Crippen LogP contribution in [0.15, 0.2) is 18.3 Å². The zero-order chi connectivity index (χ0) is 14.0. The van der Waals surface area contributed by atoms with Crippen LogP contribution in [0.2, 0.25) is 0 Å². The molecule has 0 amide bonds. The maximum absolute atomic E-state index is 12.0. The number of aromatic nitrogens is 2. The Kier molecular flexibility index (Phi) is 3.32. The van der Waals surface area contributed by atoms with E-state index < -0.39 is 18.1 Å². The number of carbonyl (C=O) groups is 1. The SMILES string of the molecule is CCOC(=O)c1cc2cc(OC(F)(F)F)cnc2[nH]1. The Bertz CT molecular complexity index is 607. The van der Waals surface area contributed by atoms with Gasteiger partial charge in [0.05, 0.1) is 12.8 Å². The van der Waals surface area contributed by atoms with Gasteiger partial charge in [-0.05, 0) is 19.1 Å². The lowest BCUT2D eigenvalue weighted by Crippen LogP contribution is -2.17. The van der Waals surface area contributed by atoms with Gasteiger partial charge in [-0.25, -0.2) is 9.78 Å². The number of alkyl halides is 3. The van der Waals surface area contributed by atoms with Gasteiger partial charge in [0.25, 0.3) is 0 Å². The van der Waals surface area contributed by atoms with Crippen molar-refractivity contribution < 1.29 is 27.4 Å². The number of carbonyl (C=O) groups excluding carboxylic acids is 1. The third-order valence-corrected chi connectivity index (χ3v) is 2.17. The molecule has 0 saturated heterocycles. The molecule has 2 aromatic rings. The molecule has 0 bridgehead atoms. The highest BCUT2D eigenvalue weighted by Crippen LogP contribution is 2.25. The first kappa shape index (κ1) is 13.2. The fourth-order valence-electron chi connectivity index (χ4n) is 1.50. The second-order valence-corrected chi connectivity index (χ2v) is 3.56. The molecule has 0 radical (unpaired) electrons. The molecule has 0 aliphatic rings. The number of esters is 1. The second-order valence-electron chi connectivity index (χ2n) is 3.56. The van der Waals surface area contributed by atoms with Crippen LogP contribution >= 0.6 is 0 Å². The Hall–Kier alpha value is -2.25. The number of ether oxygens (including phenoxy) is 2. The number of nitrogens with zero attached hydrogens (tertiary/aromatic N) is 1. The third kappa shape index (κ3) is 3.15. The van der Waals surface area contributed by atoms with Crippen LogP contribution in [-0.4, -0.2) is 28.9 Å². The standard InChI is InChI=1S/C11H9F3N2O3/c1-2-18-10(17)8-4-6-3-7(19-11(12,13)14)5-15-9(6)16-8/h3-5H,2H2,1H3,(H,15,16). The van der Waals surface area contributed by atoms with Crippen LogP contribution in [0, 0.1) is 0 Å². The van der Waals surface area contributed by atoms with Gasteiger partial charge in [-0.3, -0.25) is 0 Å². The van der Waals surface area contributed by atoms with E-state index in [1.807, 2.05) is 0 Å². The summed E-state index contributed by atoms with van der Waals surface area (Å²) < 4.78 is 44.6. The topological polar surface area (TPSA) is 64.2 Å². The summed E-state index contributed by atoms with van der Waals surface area (Å²) in [4.78, 5) is 17.8. The quantitative estimate of drug-likeness (QED) is 0.874.